The average Bonchev–Trinajstić information content (AvgIpc) is 3.25. The second-order valence-electron chi connectivity index (χ2n) is 7.24. The van der Waals surface area contributed by atoms with Gasteiger partial charge < -0.3 is 19.7 Å². The lowest BCUT2D eigenvalue weighted by atomic mass is 9.67. The van der Waals surface area contributed by atoms with E-state index in [4.69, 9.17) is 9.47 Å². The normalized spacial score (nSPS) is 27.8. The number of hydrogen-bond donors (Lipinski definition) is 1. The molecule has 1 aromatic carbocycles. The lowest BCUT2D eigenvalue weighted by Gasteiger charge is -2.40. The van der Waals surface area contributed by atoms with Gasteiger partial charge in [-0.05, 0) is 49.9 Å². The molecule has 0 aromatic heterocycles. The maximum Gasteiger partial charge on any atom is 0.231 e. The van der Waals surface area contributed by atoms with E-state index < -0.39 is 0 Å². The number of benzene rings is 1. The summed E-state index contributed by atoms with van der Waals surface area (Å²) in [4.78, 5) is 15.4. The highest BCUT2D eigenvalue weighted by atomic mass is 16.7. The minimum atomic E-state index is -0.176. The van der Waals surface area contributed by atoms with Crippen LogP contribution in [-0.4, -0.2) is 37.2 Å². The van der Waals surface area contributed by atoms with Gasteiger partial charge in [-0.25, -0.2) is 0 Å². The van der Waals surface area contributed by atoms with Gasteiger partial charge in [0.05, 0.1) is 5.41 Å². The Bertz CT molecular complexity index is 633. The molecule has 4 rings (SSSR count). The van der Waals surface area contributed by atoms with Crippen molar-refractivity contribution in [2.75, 3.05) is 26.4 Å². The molecule has 2 atom stereocenters. The van der Waals surface area contributed by atoms with Crippen LogP contribution < -0.4 is 14.8 Å². The maximum atomic E-state index is 13.4. The molecule has 130 valence electrons. The number of hydrogen-bond acceptors (Lipinski definition) is 4. The monoisotopic (exact) mass is 330 g/mol. The van der Waals surface area contributed by atoms with E-state index in [0.29, 0.717) is 18.4 Å². The number of rotatable bonds is 4. The summed E-state index contributed by atoms with van der Waals surface area (Å²) in [7, 11) is 0. The zero-order valence-electron chi connectivity index (χ0n) is 14.3. The predicted octanol–water partition coefficient (Wildman–Crippen LogP) is 2.54. The quantitative estimate of drug-likeness (QED) is 0.922. The van der Waals surface area contributed by atoms with E-state index in [1.54, 1.807) is 0 Å². The van der Waals surface area contributed by atoms with Gasteiger partial charge in [0.25, 0.3) is 0 Å². The highest BCUT2D eigenvalue weighted by Crippen LogP contribution is 2.45. The molecule has 5 heteroatoms. The number of carbonyl (C=O) groups excluding carboxylic acids is 1. The van der Waals surface area contributed by atoms with Gasteiger partial charge in [0, 0.05) is 19.6 Å². The standard InChI is InChI=1S/C19H26N2O3/c1-2-21(11-14-6-7-16-17(9-14)24-13-23-16)18(22)19-8-4-3-5-15(19)10-20-12-19/h6-7,9,15,20H,2-5,8,10-13H2,1H3/t15-,19+/m0/s1. The summed E-state index contributed by atoms with van der Waals surface area (Å²) < 4.78 is 10.8. The first kappa shape index (κ1) is 15.8. The molecular formula is C19H26N2O3. The molecule has 1 saturated heterocycles. The van der Waals surface area contributed by atoms with Crippen molar-refractivity contribution in [1.82, 2.24) is 10.2 Å². The van der Waals surface area contributed by atoms with E-state index in [1.165, 1.54) is 19.3 Å². The van der Waals surface area contributed by atoms with Crippen molar-refractivity contribution in [3.63, 3.8) is 0 Å². The van der Waals surface area contributed by atoms with Crippen LogP contribution in [0.2, 0.25) is 0 Å². The molecule has 1 aliphatic carbocycles. The molecule has 3 aliphatic rings. The van der Waals surface area contributed by atoms with E-state index in [2.05, 4.69) is 12.2 Å². The van der Waals surface area contributed by atoms with Gasteiger partial charge in [-0.3, -0.25) is 4.79 Å². The van der Waals surface area contributed by atoms with Crippen molar-refractivity contribution >= 4 is 5.91 Å². The topological polar surface area (TPSA) is 50.8 Å². The van der Waals surface area contributed by atoms with Crippen LogP contribution in [0.15, 0.2) is 18.2 Å². The van der Waals surface area contributed by atoms with Crippen LogP contribution >= 0.6 is 0 Å². The van der Waals surface area contributed by atoms with Crippen LogP contribution in [0, 0.1) is 11.3 Å². The van der Waals surface area contributed by atoms with Gasteiger partial charge >= 0.3 is 0 Å². The molecule has 2 fully saturated rings. The zero-order valence-corrected chi connectivity index (χ0v) is 14.3. The van der Waals surface area contributed by atoms with Crippen LogP contribution in [0.3, 0.4) is 0 Å². The molecule has 0 radical (unpaired) electrons. The van der Waals surface area contributed by atoms with E-state index >= 15 is 0 Å². The van der Waals surface area contributed by atoms with E-state index in [1.807, 2.05) is 23.1 Å². The van der Waals surface area contributed by atoms with Gasteiger partial charge in [-0.1, -0.05) is 18.9 Å². The molecule has 0 spiro atoms. The Morgan fingerprint density at radius 1 is 1.33 bits per heavy atom. The number of ether oxygens (including phenoxy) is 2. The minimum Gasteiger partial charge on any atom is -0.454 e. The maximum absolute atomic E-state index is 13.4. The summed E-state index contributed by atoms with van der Waals surface area (Å²) >= 11 is 0. The van der Waals surface area contributed by atoms with E-state index in [-0.39, 0.29) is 12.2 Å². The van der Waals surface area contributed by atoms with Gasteiger partial charge in [-0.2, -0.15) is 0 Å². The van der Waals surface area contributed by atoms with Crippen LogP contribution in [0.25, 0.3) is 0 Å². The number of nitrogens with one attached hydrogen (secondary N) is 1. The summed E-state index contributed by atoms with van der Waals surface area (Å²) in [6, 6.07) is 5.97. The third-order valence-electron chi connectivity index (χ3n) is 5.94. The van der Waals surface area contributed by atoms with Crippen LogP contribution in [0.4, 0.5) is 0 Å². The predicted molar refractivity (Wildman–Crippen MR) is 90.9 cm³/mol. The molecule has 5 nitrogen and oxygen atoms in total. The molecule has 1 amide bonds. The largest absolute Gasteiger partial charge is 0.454 e. The molecule has 24 heavy (non-hydrogen) atoms. The van der Waals surface area contributed by atoms with Gasteiger partial charge in [0.1, 0.15) is 0 Å². The third kappa shape index (κ3) is 2.55. The molecular weight excluding hydrogens is 304 g/mol. The van der Waals surface area contributed by atoms with Crippen LogP contribution in [-0.2, 0) is 11.3 Å². The highest BCUT2D eigenvalue weighted by Gasteiger charge is 2.51. The molecule has 0 unspecified atom stereocenters. The van der Waals surface area contributed by atoms with Crippen molar-refractivity contribution in [2.24, 2.45) is 11.3 Å². The average molecular weight is 330 g/mol. The molecule has 1 N–H and O–H groups in total. The van der Waals surface area contributed by atoms with Crippen molar-refractivity contribution in [3.05, 3.63) is 23.8 Å². The highest BCUT2D eigenvalue weighted by molar-refractivity contribution is 5.84. The Morgan fingerprint density at radius 3 is 3.08 bits per heavy atom. The zero-order chi connectivity index (χ0) is 16.6. The minimum absolute atomic E-state index is 0.176. The Kier molecular flexibility index (Phi) is 4.12. The van der Waals surface area contributed by atoms with Crippen LogP contribution in [0.5, 0.6) is 11.5 Å². The summed E-state index contributed by atoms with van der Waals surface area (Å²) in [5.74, 6) is 2.41. The van der Waals surface area contributed by atoms with Gasteiger partial charge in [-0.15, -0.1) is 0 Å². The Morgan fingerprint density at radius 2 is 2.21 bits per heavy atom. The summed E-state index contributed by atoms with van der Waals surface area (Å²) in [6.07, 6.45) is 4.64. The first-order chi connectivity index (χ1) is 11.7. The van der Waals surface area contributed by atoms with Crippen molar-refractivity contribution in [1.29, 1.82) is 0 Å². The Labute approximate surface area is 143 Å². The van der Waals surface area contributed by atoms with Crippen molar-refractivity contribution in [2.45, 2.75) is 39.2 Å². The third-order valence-corrected chi connectivity index (χ3v) is 5.94. The Balaban J connectivity index is 1.53. The van der Waals surface area contributed by atoms with Crippen LogP contribution in [0.1, 0.15) is 38.2 Å². The summed E-state index contributed by atoms with van der Waals surface area (Å²) in [5, 5.41) is 3.48. The lowest BCUT2D eigenvalue weighted by Crippen LogP contribution is -2.49. The van der Waals surface area contributed by atoms with E-state index in [9.17, 15) is 4.79 Å². The van der Waals surface area contributed by atoms with Gasteiger partial charge in [0.2, 0.25) is 12.7 Å². The molecule has 2 heterocycles. The second kappa shape index (κ2) is 6.28. The molecule has 2 aliphatic heterocycles. The summed E-state index contributed by atoms with van der Waals surface area (Å²) in [5.41, 5.74) is 0.925. The molecule has 0 bridgehead atoms. The first-order valence-electron chi connectivity index (χ1n) is 9.11. The molecule has 1 saturated carbocycles. The first-order valence-corrected chi connectivity index (χ1v) is 9.11. The number of nitrogens with zero attached hydrogens (tertiary/aromatic N) is 1. The Hall–Kier alpha value is -1.75. The fourth-order valence-corrected chi connectivity index (χ4v) is 4.57. The fraction of sp³-hybridized carbons (Fsp3) is 0.632. The smallest absolute Gasteiger partial charge is 0.231 e. The fourth-order valence-electron chi connectivity index (χ4n) is 4.57. The number of carbonyl (C=O) groups is 1. The number of fused-ring (bicyclic) bond motifs is 2. The van der Waals surface area contributed by atoms with Gasteiger partial charge in [0.15, 0.2) is 11.5 Å². The van der Waals surface area contributed by atoms with E-state index in [0.717, 1.165) is 43.1 Å². The number of amides is 1. The SMILES string of the molecule is CCN(Cc1ccc2c(c1)OCO2)C(=O)[C@@]12CCCC[C@H]1CNC2. The lowest BCUT2D eigenvalue weighted by molar-refractivity contribution is -0.145. The second-order valence-corrected chi connectivity index (χ2v) is 7.24. The molecule has 1 aromatic rings. The van der Waals surface area contributed by atoms with Crippen molar-refractivity contribution < 1.29 is 14.3 Å². The van der Waals surface area contributed by atoms with Crippen molar-refractivity contribution in [3.8, 4) is 11.5 Å². The summed E-state index contributed by atoms with van der Waals surface area (Å²) in [6.45, 7) is 5.57.